The van der Waals surface area contributed by atoms with Gasteiger partial charge in [0.05, 0.1) is 0 Å². The molecule has 1 heterocycles. The lowest BCUT2D eigenvalue weighted by molar-refractivity contribution is -0.120. The van der Waals surface area contributed by atoms with Crippen molar-refractivity contribution in [3.05, 3.63) is 29.8 Å². The first-order valence-corrected chi connectivity index (χ1v) is 9.43. The fourth-order valence-electron chi connectivity index (χ4n) is 3.82. The Labute approximate surface area is 150 Å². The average molecular weight is 343 g/mol. The number of hydrogen-bond acceptors (Lipinski definition) is 3. The van der Waals surface area contributed by atoms with Gasteiger partial charge in [-0.15, -0.1) is 0 Å². The first-order chi connectivity index (χ1) is 12.0. The Kier molecular flexibility index (Phi) is 5.74. The topological polar surface area (TPSA) is 52.7 Å². The second kappa shape index (κ2) is 8.00. The average Bonchev–Trinajstić information content (AvgIpc) is 3.16. The van der Waals surface area contributed by atoms with Crippen LogP contribution >= 0.6 is 0 Å². The number of rotatable bonds is 4. The van der Waals surface area contributed by atoms with Gasteiger partial charge < -0.3 is 15.1 Å². The van der Waals surface area contributed by atoms with E-state index in [1.807, 2.05) is 36.1 Å². The molecule has 1 aromatic rings. The second-order valence-electron chi connectivity index (χ2n) is 7.50. The Morgan fingerprint density at radius 2 is 1.64 bits per heavy atom. The maximum atomic E-state index is 12.5. The number of piperazine rings is 1. The molecule has 2 amide bonds. The summed E-state index contributed by atoms with van der Waals surface area (Å²) in [4.78, 5) is 29.1. The van der Waals surface area contributed by atoms with E-state index in [-0.39, 0.29) is 17.7 Å². The Morgan fingerprint density at radius 1 is 1.04 bits per heavy atom. The van der Waals surface area contributed by atoms with Crippen molar-refractivity contribution in [1.82, 2.24) is 9.80 Å². The van der Waals surface area contributed by atoms with Gasteiger partial charge in [0, 0.05) is 43.3 Å². The van der Waals surface area contributed by atoms with Crippen molar-refractivity contribution in [2.45, 2.75) is 32.6 Å². The molecule has 1 saturated heterocycles. The van der Waals surface area contributed by atoms with Crippen LogP contribution in [0.15, 0.2) is 24.3 Å². The quantitative estimate of drug-likeness (QED) is 0.915. The number of benzene rings is 1. The molecular weight excluding hydrogens is 314 g/mol. The zero-order chi connectivity index (χ0) is 17.8. The third-order valence-electron chi connectivity index (χ3n) is 5.71. The van der Waals surface area contributed by atoms with Crippen LogP contribution in [0.2, 0.25) is 0 Å². The van der Waals surface area contributed by atoms with E-state index in [1.165, 1.54) is 12.8 Å². The molecule has 2 aliphatic rings. The van der Waals surface area contributed by atoms with Gasteiger partial charge in [-0.1, -0.05) is 19.8 Å². The molecule has 1 aromatic carbocycles. The molecule has 0 aromatic heterocycles. The number of nitrogens with one attached hydrogen (secondary N) is 1. The highest BCUT2D eigenvalue weighted by atomic mass is 16.2. The zero-order valence-electron chi connectivity index (χ0n) is 15.3. The van der Waals surface area contributed by atoms with Gasteiger partial charge in [0.25, 0.3) is 5.91 Å². The minimum atomic E-state index is 0.0501. The van der Waals surface area contributed by atoms with E-state index in [0.29, 0.717) is 11.5 Å². The normalized spacial score (nSPS) is 20.5. The molecule has 136 valence electrons. The molecule has 0 radical (unpaired) electrons. The highest BCUT2D eigenvalue weighted by Gasteiger charge is 2.27. The fourth-order valence-corrected chi connectivity index (χ4v) is 3.82. The van der Waals surface area contributed by atoms with Gasteiger partial charge in [-0.25, -0.2) is 0 Å². The molecular formula is C20H29N3O2. The first kappa shape index (κ1) is 17.9. The van der Waals surface area contributed by atoms with Gasteiger partial charge in [0.15, 0.2) is 0 Å². The van der Waals surface area contributed by atoms with Gasteiger partial charge in [-0.2, -0.15) is 0 Å². The lowest BCUT2D eigenvalue weighted by Gasteiger charge is -2.32. The van der Waals surface area contributed by atoms with E-state index in [4.69, 9.17) is 0 Å². The predicted molar refractivity (Wildman–Crippen MR) is 99.6 cm³/mol. The van der Waals surface area contributed by atoms with Crippen LogP contribution in [0.4, 0.5) is 5.69 Å². The van der Waals surface area contributed by atoms with Crippen LogP contribution in [-0.4, -0.2) is 54.8 Å². The Bertz CT molecular complexity index is 600. The van der Waals surface area contributed by atoms with Crippen molar-refractivity contribution in [3.63, 3.8) is 0 Å². The zero-order valence-corrected chi connectivity index (χ0v) is 15.3. The number of amides is 2. The molecule has 1 aliphatic carbocycles. The molecule has 1 atom stereocenters. The smallest absolute Gasteiger partial charge is 0.253 e. The van der Waals surface area contributed by atoms with E-state index in [9.17, 15) is 9.59 Å². The molecule has 1 aliphatic heterocycles. The molecule has 1 unspecified atom stereocenters. The summed E-state index contributed by atoms with van der Waals surface area (Å²) in [7, 11) is 2.08. The summed E-state index contributed by atoms with van der Waals surface area (Å²) in [6.45, 7) is 5.40. The van der Waals surface area contributed by atoms with Gasteiger partial charge in [0.1, 0.15) is 0 Å². The molecule has 2 fully saturated rings. The molecule has 1 saturated carbocycles. The maximum absolute atomic E-state index is 12.5. The largest absolute Gasteiger partial charge is 0.336 e. The van der Waals surface area contributed by atoms with Crippen LogP contribution in [0, 0.1) is 11.8 Å². The third-order valence-corrected chi connectivity index (χ3v) is 5.71. The molecule has 0 bridgehead atoms. The minimum absolute atomic E-state index is 0.0501. The van der Waals surface area contributed by atoms with Crippen LogP contribution < -0.4 is 5.32 Å². The fraction of sp³-hybridized carbons (Fsp3) is 0.600. The van der Waals surface area contributed by atoms with Crippen molar-refractivity contribution in [3.8, 4) is 0 Å². The number of carbonyl (C=O) groups is 2. The van der Waals surface area contributed by atoms with Gasteiger partial charge in [-0.3, -0.25) is 9.59 Å². The van der Waals surface area contributed by atoms with Crippen LogP contribution in [0.1, 0.15) is 43.0 Å². The predicted octanol–water partition coefficient (Wildman–Crippen LogP) is 2.84. The summed E-state index contributed by atoms with van der Waals surface area (Å²) < 4.78 is 0. The van der Waals surface area contributed by atoms with E-state index >= 15 is 0 Å². The number of anilines is 1. The summed E-state index contributed by atoms with van der Waals surface area (Å²) in [6, 6.07) is 7.30. The van der Waals surface area contributed by atoms with E-state index < -0.39 is 0 Å². The summed E-state index contributed by atoms with van der Waals surface area (Å²) in [5.41, 5.74) is 1.45. The van der Waals surface area contributed by atoms with Crippen molar-refractivity contribution in [2.75, 3.05) is 38.5 Å². The summed E-state index contributed by atoms with van der Waals surface area (Å²) >= 11 is 0. The van der Waals surface area contributed by atoms with Crippen molar-refractivity contribution < 1.29 is 9.59 Å². The molecule has 5 heteroatoms. The number of hydrogen-bond donors (Lipinski definition) is 1. The summed E-state index contributed by atoms with van der Waals surface area (Å²) in [5.74, 6) is 0.725. The second-order valence-corrected chi connectivity index (χ2v) is 7.50. The molecule has 0 spiro atoms. The standard InChI is InChI=1S/C20H29N3O2/c1-15(16-5-3-4-6-16)19(24)21-18-9-7-17(8-10-18)20(25)23-13-11-22(2)12-14-23/h7-10,15-16H,3-6,11-14H2,1-2H3,(H,21,24). The Hall–Kier alpha value is -1.88. The van der Waals surface area contributed by atoms with Gasteiger partial charge in [-0.05, 0) is 50.1 Å². The van der Waals surface area contributed by atoms with Crippen LogP contribution in [0.5, 0.6) is 0 Å². The highest BCUT2D eigenvalue weighted by Crippen LogP contribution is 2.31. The Morgan fingerprint density at radius 3 is 2.24 bits per heavy atom. The third kappa shape index (κ3) is 4.40. The molecule has 25 heavy (non-hydrogen) atoms. The summed E-state index contributed by atoms with van der Waals surface area (Å²) in [5, 5.41) is 3.00. The lowest BCUT2D eigenvalue weighted by atomic mass is 9.92. The van der Waals surface area contributed by atoms with E-state index in [2.05, 4.69) is 17.3 Å². The summed E-state index contributed by atoms with van der Waals surface area (Å²) in [6.07, 6.45) is 4.80. The first-order valence-electron chi connectivity index (χ1n) is 9.43. The van der Waals surface area contributed by atoms with Crippen molar-refractivity contribution in [1.29, 1.82) is 0 Å². The minimum Gasteiger partial charge on any atom is -0.336 e. The van der Waals surface area contributed by atoms with E-state index in [0.717, 1.165) is 44.7 Å². The van der Waals surface area contributed by atoms with Crippen LogP contribution in [0.25, 0.3) is 0 Å². The highest BCUT2D eigenvalue weighted by molar-refractivity contribution is 5.96. The van der Waals surface area contributed by atoms with E-state index in [1.54, 1.807) is 0 Å². The molecule has 3 rings (SSSR count). The SMILES string of the molecule is CC(C(=O)Nc1ccc(C(=O)N2CCN(C)CC2)cc1)C1CCCC1. The molecule has 1 N–H and O–H groups in total. The van der Waals surface area contributed by atoms with Crippen molar-refractivity contribution >= 4 is 17.5 Å². The maximum Gasteiger partial charge on any atom is 0.253 e. The van der Waals surface area contributed by atoms with Gasteiger partial charge >= 0.3 is 0 Å². The number of nitrogens with zero attached hydrogens (tertiary/aromatic N) is 2. The Balaban J connectivity index is 1.56. The molecule has 5 nitrogen and oxygen atoms in total. The van der Waals surface area contributed by atoms with Crippen LogP contribution in [-0.2, 0) is 4.79 Å². The van der Waals surface area contributed by atoms with Gasteiger partial charge in [0.2, 0.25) is 5.91 Å². The lowest BCUT2D eigenvalue weighted by Crippen LogP contribution is -2.47. The van der Waals surface area contributed by atoms with Crippen LogP contribution in [0.3, 0.4) is 0 Å². The van der Waals surface area contributed by atoms with Crippen molar-refractivity contribution in [2.24, 2.45) is 11.8 Å². The number of carbonyl (C=O) groups excluding carboxylic acids is 2. The monoisotopic (exact) mass is 343 g/mol. The number of likely N-dealkylation sites (N-methyl/N-ethyl adjacent to an activating group) is 1.